The predicted molar refractivity (Wildman–Crippen MR) is 44.6 cm³/mol. The molecule has 0 heterocycles. The summed E-state index contributed by atoms with van der Waals surface area (Å²) in [7, 11) is 0. The van der Waals surface area contributed by atoms with E-state index in [4.69, 9.17) is 0 Å². The molecule has 1 aromatic carbocycles. The average molecular weight is 182 g/mol. The van der Waals surface area contributed by atoms with Gasteiger partial charge in [0, 0.05) is 5.69 Å². The van der Waals surface area contributed by atoms with Crippen LogP contribution in [0.4, 0.5) is 14.9 Å². The van der Waals surface area contributed by atoms with Crippen molar-refractivity contribution in [2.24, 2.45) is 0 Å². The number of carbonyl (C=O) groups excluding carboxylic acids is 2. The van der Waals surface area contributed by atoms with Crippen molar-refractivity contribution in [2.75, 3.05) is 5.32 Å². The normalized spacial score (nSPS) is 9.00. The van der Waals surface area contributed by atoms with Crippen LogP contribution in [0.15, 0.2) is 24.3 Å². The van der Waals surface area contributed by atoms with Gasteiger partial charge in [-0.2, -0.15) is 0 Å². The van der Waals surface area contributed by atoms with E-state index in [0.717, 1.165) is 0 Å². The van der Waals surface area contributed by atoms with Gasteiger partial charge in [0.15, 0.2) is 0 Å². The van der Waals surface area contributed by atoms with Gasteiger partial charge < -0.3 is 5.32 Å². The molecule has 0 spiro atoms. The molecule has 1 aromatic rings. The minimum atomic E-state index is -0.651. The number of imide groups is 1. The Kier molecular flexibility index (Phi) is 2.97. The van der Waals surface area contributed by atoms with E-state index in [9.17, 15) is 14.0 Å². The summed E-state index contributed by atoms with van der Waals surface area (Å²) in [6.07, 6.45) is 0.263. The molecular formula is C8H7FN2O2. The summed E-state index contributed by atoms with van der Waals surface area (Å²) in [6.45, 7) is 0. The van der Waals surface area contributed by atoms with Crippen LogP contribution in [0.1, 0.15) is 0 Å². The van der Waals surface area contributed by atoms with Gasteiger partial charge in [-0.25, -0.2) is 9.18 Å². The number of amides is 3. The Labute approximate surface area is 73.7 Å². The third-order valence-corrected chi connectivity index (χ3v) is 1.29. The molecule has 0 saturated heterocycles. The van der Waals surface area contributed by atoms with Crippen LogP contribution in [0.3, 0.4) is 0 Å². The second-order valence-electron chi connectivity index (χ2n) is 2.22. The quantitative estimate of drug-likeness (QED) is 0.673. The van der Waals surface area contributed by atoms with Crippen molar-refractivity contribution in [3.63, 3.8) is 0 Å². The Bertz CT molecular complexity index is 310. The monoisotopic (exact) mass is 182 g/mol. The molecule has 5 heteroatoms. The van der Waals surface area contributed by atoms with Crippen molar-refractivity contribution in [2.45, 2.75) is 0 Å². The Hall–Kier alpha value is -1.91. The molecule has 0 aliphatic heterocycles. The molecule has 0 saturated carbocycles. The van der Waals surface area contributed by atoms with Gasteiger partial charge in [0.2, 0.25) is 6.41 Å². The van der Waals surface area contributed by atoms with Crippen molar-refractivity contribution in [3.05, 3.63) is 30.1 Å². The second kappa shape index (κ2) is 4.20. The van der Waals surface area contributed by atoms with Crippen LogP contribution in [0.2, 0.25) is 0 Å². The zero-order valence-corrected chi connectivity index (χ0v) is 6.58. The zero-order valence-electron chi connectivity index (χ0n) is 6.58. The number of hydrogen-bond acceptors (Lipinski definition) is 2. The third kappa shape index (κ3) is 2.90. The van der Waals surface area contributed by atoms with Crippen molar-refractivity contribution in [1.82, 2.24) is 5.32 Å². The number of carbonyl (C=O) groups is 2. The predicted octanol–water partition coefficient (Wildman–Crippen LogP) is 1.10. The molecule has 0 aliphatic carbocycles. The minimum absolute atomic E-state index is 0.263. The lowest BCUT2D eigenvalue weighted by atomic mass is 10.3. The Balaban J connectivity index is 2.59. The van der Waals surface area contributed by atoms with Gasteiger partial charge in [0.25, 0.3) is 0 Å². The highest BCUT2D eigenvalue weighted by Gasteiger charge is 1.98. The number of benzene rings is 1. The molecule has 3 amide bonds. The Morgan fingerprint density at radius 2 is 1.92 bits per heavy atom. The maximum atomic E-state index is 12.4. The molecule has 1 rings (SSSR count). The van der Waals surface area contributed by atoms with Gasteiger partial charge >= 0.3 is 6.03 Å². The van der Waals surface area contributed by atoms with Crippen LogP contribution in [-0.2, 0) is 4.79 Å². The van der Waals surface area contributed by atoms with Crippen LogP contribution in [0.5, 0.6) is 0 Å². The summed E-state index contributed by atoms with van der Waals surface area (Å²) in [5.41, 5.74) is 0.417. The van der Waals surface area contributed by atoms with Crippen molar-refractivity contribution >= 4 is 18.1 Å². The highest BCUT2D eigenvalue weighted by atomic mass is 19.1. The smallest absolute Gasteiger partial charge is 0.308 e. The minimum Gasteiger partial charge on any atom is -0.308 e. The lowest BCUT2D eigenvalue weighted by molar-refractivity contribution is -0.108. The average Bonchev–Trinajstić information content (AvgIpc) is 2.09. The second-order valence-corrected chi connectivity index (χ2v) is 2.22. The molecular weight excluding hydrogens is 175 g/mol. The Morgan fingerprint density at radius 3 is 2.46 bits per heavy atom. The first-order chi connectivity index (χ1) is 6.22. The molecule has 0 radical (unpaired) electrons. The maximum Gasteiger partial charge on any atom is 0.325 e. The molecule has 68 valence electrons. The van der Waals surface area contributed by atoms with Gasteiger partial charge in [-0.15, -0.1) is 0 Å². The molecule has 0 unspecified atom stereocenters. The number of rotatable bonds is 2. The van der Waals surface area contributed by atoms with E-state index >= 15 is 0 Å². The first-order valence-electron chi connectivity index (χ1n) is 3.49. The van der Waals surface area contributed by atoms with E-state index < -0.39 is 6.03 Å². The topological polar surface area (TPSA) is 58.2 Å². The lowest BCUT2D eigenvalue weighted by Crippen LogP contribution is -2.26. The summed E-state index contributed by atoms with van der Waals surface area (Å²) < 4.78 is 12.4. The summed E-state index contributed by atoms with van der Waals surface area (Å²) in [6, 6.07) is 4.54. The molecule has 4 nitrogen and oxygen atoms in total. The van der Waals surface area contributed by atoms with Crippen molar-refractivity contribution < 1.29 is 14.0 Å². The highest BCUT2D eigenvalue weighted by Crippen LogP contribution is 2.07. The fraction of sp³-hybridized carbons (Fsp3) is 0. The van der Waals surface area contributed by atoms with Crippen LogP contribution >= 0.6 is 0 Å². The van der Waals surface area contributed by atoms with Crippen LogP contribution in [-0.4, -0.2) is 12.4 Å². The van der Waals surface area contributed by atoms with E-state index in [2.05, 4.69) is 5.32 Å². The summed E-state index contributed by atoms with van der Waals surface area (Å²) in [5, 5.41) is 4.21. The van der Waals surface area contributed by atoms with Crippen molar-refractivity contribution in [1.29, 1.82) is 0 Å². The number of hydrogen-bond donors (Lipinski definition) is 2. The van der Waals surface area contributed by atoms with E-state index in [1.54, 1.807) is 0 Å². The fourth-order valence-corrected chi connectivity index (χ4v) is 0.754. The van der Waals surface area contributed by atoms with E-state index in [1.807, 2.05) is 5.32 Å². The molecule has 0 bridgehead atoms. The van der Waals surface area contributed by atoms with Crippen LogP contribution in [0, 0.1) is 5.82 Å². The SMILES string of the molecule is O=CNC(=O)Nc1ccc(F)cc1. The molecule has 0 aromatic heterocycles. The van der Waals surface area contributed by atoms with Gasteiger partial charge in [-0.05, 0) is 24.3 Å². The van der Waals surface area contributed by atoms with Crippen LogP contribution in [0.25, 0.3) is 0 Å². The van der Waals surface area contributed by atoms with E-state index in [1.165, 1.54) is 24.3 Å². The first kappa shape index (κ1) is 9.18. The largest absolute Gasteiger partial charge is 0.325 e. The first-order valence-corrected chi connectivity index (χ1v) is 3.49. The molecule has 2 N–H and O–H groups in total. The highest BCUT2D eigenvalue weighted by molar-refractivity contribution is 5.95. The van der Waals surface area contributed by atoms with Gasteiger partial charge in [-0.1, -0.05) is 0 Å². The van der Waals surface area contributed by atoms with Crippen LogP contribution < -0.4 is 10.6 Å². The van der Waals surface area contributed by atoms with E-state index in [-0.39, 0.29) is 12.2 Å². The van der Waals surface area contributed by atoms with Gasteiger partial charge in [0.05, 0.1) is 0 Å². The lowest BCUT2D eigenvalue weighted by Gasteiger charge is -2.02. The molecule has 0 atom stereocenters. The van der Waals surface area contributed by atoms with Crippen molar-refractivity contribution in [3.8, 4) is 0 Å². The van der Waals surface area contributed by atoms with Gasteiger partial charge in [0.1, 0.15) is 5.82 Å². The summed E-state index contributed by atoms with van der Waals surface area (Å²) in [5.74, 6) is -0.388. The maximum absolute atomic E-state index is 12.4. The standard InChI is InChI=1S/C8H7FN2O2/c9-6-1-3-7(4-2-6)11-8(13)10-5-12/h1-5H,(H2,10,11,12,13). The Morgan fingerprint density at radius 1 is 1.31 bits per heavy atom. The molecule has 0 fully saturated rings. The number of nitrogens with one attached hydrogen (secondary N) is 2. The molecule has 13 heavy (non-hydrogen) atoms. The zero-order chi connectivity index (χ0) is 9.68. The third-order valence-electron chi connectivity index (χ3n) is 1.29. The van der Waals surface area contributed by atoms with E-state index in [0.29, 0.717) is 5.69 Å². The van der Waals surface area contributed by atoms with Gasteiger partial charge in [-0.3, -0.25) is 10.1 Å². The summed E-state index contributed by atoms with van der Waals surface area (Å²) >= 11 is 0. The molecule has 0 aliphatic rings. The number of anilines is 1. The fourth-order valence-electron chi connectivity index (χ4n) is 0.754. The number of halogens is 1. The number of urea groups is 1. The summed E-state index contributed by atoms with van der Waals surface area (Å²) in [4.78, 5) is 20.6.